The van der Waals surface area contributed by atoms with Crippen molar-refractivity contribution in [3.8, 4) is 0 Å². The van der Waals surface area contributed by atoms with Crippen LogP contribution in [0.3, 0.4) is 0 Å². The second-order valence-corrected chi connectivity index (χ2v) is 7.01. The van der Waals surface area contributed by atoms with Gasteiger partial charge in [-0.15, -0.1) is 11.3 Å². The molecule has 5 heteroatoms. The standard InChI is InChI=1S/C9H9BrNOPS/c1-13-11-8(12)5-4-6(10)14-7(5)9(11)2-3-9/h4,13H,2-3H2,1H3. The van der Waals surface area contributed by atoms with E-state index in [1.807, 2.05) is 6.07 Å². The molecular weight excluding hydrogens is 281 g/mol. The van der Waals surface area contributed by atoms with Crippen LogP contribution in [-0.4, -0.2) is 17.2 Å². The second-order valence-electron chi connectivity index (χ2n) is 3.69. The van der Waals surface area contributed by atoms with E-state index < -0.39 is 0 Å². The summed E-state index contributed by atoms with van der Waals surface area (Å²) in [7, 11) is 0.591. The van der Waals surface area contributed by atoms with Crippen molar-refractivity contribution in [2.24, 2.45) is 0 Å². The third-order valence-electron chi connectivity index (χ3n) is 2.93. The highest BCUT2D eigenvalue weighted by atomic mass is 79.9. The fraction of sp³-hybridized carbons (Fsp3) is 0.444. The molecule has 14 heavy (non-hydrogen) atoms. The van der Waals surface area contributed by atoms with Gasteiger partial charge in [0.15, 0.2) is 0 Å². The average molecular weight is 290 g/mol. The highest BCUT2D eigenvalue weighted by molar-refractivity contribution is 9.11. The van der Waals surface area contributed by atoms with Crippen LogP contribution in [-0.2, 0) is 5.54 Å². The first-order valence-corrected chi connectivity index (χ1v) is 7.56. The monoisotopic (exact) mass is 289 g/mol. The number of hydrogen-bond donors (Lipinski definition) is 0. The lowest BCUT2D eigenvalue weighted by Crippen LogP contribution is -2.24. The molecule has 3 rings (SSSR count). The van der Waals surface area contributed by atoms with E-state index in [4.69, 9.17) is 0 Å². The van der Waals surface area contributed by atoms with Crippen LogP contribution >= 0.6 is 36.0 Å². The van der Waals surface area contributed by atoms with Crippen LogP contribution in [0.5, 0.6) is 0 Å². The molecule has 1 fully saturated rings. The third-order valence-corrected chi connectivity index (χ3v) is 5.84. The van der Waals surface area contributed by atoms with Gasteiger partial charge in [-0.1, -0.05) is 0 Å². The molecule has 1 amide bonds. The molecule has 1 unspecified atom stereocenters. The van der Waals surface area contributed by atoms with E-state index in [0.29, 0.717) is 8.73 Å². The fourth-order valence-electron chi connectivity index (χ4n) is 2.17. The van der Waals surface area contributed by atoms with Gasteiger partial charge >= 0.3 is 0 Å². The maximum Gasteiger partial charge on any atom is 0.258 e. The van der Waals surface area contributed by atoms with Crippen molar-refractivity contribution < 1.29 is 4.79 Å². The summed E-state index contributed by atoms with van der Waals surface area (Å²) in [6.07, 6.45) is 2.30. The Hall–Kier alpha value is 0.0800. The summed E-state index contributed by atoms with van der Waals surface area (Å²) in [6.45, 7) is 2.09. The van der Waals surface area contributed by atoms with Crippen molar-refractivity contribution >= 4 is 41.9 Å². The van der Waals surface area contributed by atoms with Gasteiger partial charge in [0.05, 0.1) is 14.9 Å². The van der Waals surface area contributed by atoms with E-state index in [1.165, 1.54) is 4.88 Å². The normalized spacial score (nSPS) is 22.7. The molecule has 0 N–H and O–H groups in total. The Morgan fingerprint density at radius 2 is 2.36 bits per heavy atom. The minimum absolute atomic E-state index is 0.121. The van der Waals surface area contributed by atoms with Crippen molar-refractivity contribution in [1.29, 1.82) is 0 Å². The SMILES string of the molecule is CPN1C(=O)c2cc(Br)sc2C12CC2. The van der Waals surface area contributed by atoms with E-state index in [9.17, 15) is 4.79 Å². The molecule has 0 saturated heterocycles. The number of hydrogen-bond acceptors (Lipinski definition) is 2. The third kappa shape index (κ3) is 0.971. The van der Waals surface area contributed by atoms with Crippen molar-refractivity contribution in [1.82, 2.24) is 4.67 Å². The Bertz CT molecular complexity index is 426. The summed E-state index contributed by atoms with van der Waals surface area (Å²) < 4.78 is 3.14. The van der Waals surface area contributed by atoms with Crippen LogP contribution in [0.2, 0.25) is 0 Å². The molecule has 1 aromatic heterocycles. The Balaban J connectivity index is 2.18. The number of nitrogens with zero attached hydrogens (tertiary/aromatic N) is 1. The maximum atomic E-state index is 12.0. The maximum absolute atomic E-state index is 12.0. The number of rotatable bonds is 1. The van der Waals surface area contributed by atoms with Gasteiger partial charge < -0.3 is 4.67 Å². The highest BCUT2D eigenvalue weighted by Gasteiger charge is 2.58. The molecule has 1 saturated carbocycles. The van der Waals surface area contributed by atoms with E-state index in [2.05, 4.69) is 27.3 Å². The molecule has 1 aromatic rings. The van der Waals surface area contributed by atoms with Crippen LogP contribution in [0.15, 0.2) is 9.85 Å². The largest absolute Gasteiger partial charge is 0.310 e. The van der Waals surface area contributed by atoms with E-state index in [1.54, 1.807) is 11.3 Å². The minimum atomic E-state index is 0.121. The minimum Gasteiger partial charge on any atom is -0.310 e. The zero-order chi connectivity index (χ0) is 9.92. The molecule has 0 radical (unpaired) electrons. The van der Waals surface area contributed by atoms with Gasteiger partial charge in [-0.3, -0.25) is 4.79 Å². The van der Waals surface area contributed by atoms with Crippen LogP contribution in [0, 0.1) is 0 Å². The van der Waals surface area contributed by atoms with Crippen LogP contribution in [0.25, 0.3) is 0 Å². The molecular formula is C9H9BrNOPS. The number of halogens is 1. The van der Waals surface area contributed by atoms with Crippen molar-refractivity contribution in [3.05, 3.63) is 20.3 Å². The summed E-state index contributed by atoms with van der Waals surface area (Å²) >= 11 is 5.18. The van der Waals surface area contributed by atoms with Crippen LogP contribution < -0.4 is 0 Å². The predicted octanol–water partition coefficient (Wildman–Crippen LogP) is 3.18. The van der Waals surface area contributed by atoms with E-state index in [-0.39, 0.29) is 11.4 Å². The zero-order valence-electron chi connectivity index (χ0n) is 7.63. The average Bonchev–Trinajstić information content (AvgIpc) is 2.79. The second kappa shape index (κ2) is 2.81. The van der Waals surface area contributed by atoms with Crippen molar-refractivity contribution in [2.45, 2.75) is 18.4 Å². The Labute approximate surface area is 96.6 Å². The number of amides is 1. The number of carbonyl (C=O) groups excluding carboxylic acids is 1. The lowest BCUT2D eigenvalue weighted by molar-refractivity contribution is 0.0851. The van der Waals surface area contributed by atoms with Crippen LogP contribution in [0.4, 0.5) is 0 Å². The van der Waals surface area contributed by atoms with Gasteiger partial charge in [0.1, 0.15) is 0 Å². The molecule has 1 aliphatic carbocycles. The molecule has 74 valence electrons. The van der Waals surface area contributed by atoms with Gasteiger partial charge in [-0.25, -0.2) is 0 Å². The number of fused-ring (bicyclic) bond motifs is 2. The molecule has 2 aliphatic rings. The first-order valence-electron chi connectivity index (χ1n) is 4.51. The van der Waals surface area contributed by atoms with Crippen molar-refractivity contribution in [2.75, 3.05) is 6.66 Å². The molecule has 0 bridgehead atoms. The highest BCUT2D eigenvalue weighted by Crippen LogP contribution is 2.62. The Kier molecular flexibility index (Phi) is 1.87. The Morgan fingerprint density at radius 3 is 2.93 bits per heavy atom. The van der Waals surface area contributed by atoms with Gasteiger partial charge in [-0.05, 0) is 50.2 Å². The molecule has 2 nitrogen and oxygen atoms in total. The van der Waals surface area contributed by atoms with E-state index in [0.717, 1.165) is 22.2 Å². The molecule has 1 spiro atoms. The van der Waals surface area contributed by atoms with Gasteiger partial charge in [0.2, 0.25) is 0 Å². The number of carbonyl (C=O) groups is 1. The topological polar surface area (TPSA) is 20.3 Å². The van der Waals surface area contributed by atoms with Gasteiger partial charge in [0, 0.05) is 4.88 Å². The predicted molar refractivity (Wildman–Crippen MR) is 63.3 cm³/mol. The Morgan fingerprint density at radius 1 is 1.64 bits per heavy atom. The summed E-state index contributed by atoms with van der Waals surface area (Å²) in [6, 6.07) is 1.97. The van der Waals surface area contributed by atoms with E-state index >= 15 is 0 Å². The molecule has 1 aliphatic heterocycles. The zero-order valence-corrected chi connectivity index (χ0v) is 11.0. The lowest BCUT2D eigenvalue weighted by Gasteiger charge is -2.22. The quantitative estimate of drug-likeness (QED) is 0.727. The number of thiophene rings is 1. The first kappa shape index (κ1) is 9.32. The fourth-order valence-corrected chi connectivity index (χ4v) is 5.16. The summed E-state index contributed by atoms with van der Waals surface area (Å²) in [5, 5.41) is 0. The molecule has 2 heterocycles. The molecule has 1 atom stereocenters. The molecule has 0 aromatic carbocycles. The van der Waals surface area contributed by atoms with Crippen molar-refractivity contribution in [3.63, 3.8) is 0 Å². The van der Waals surface area contributed by atoms with Gasteiger partial charge in [-0.2, -0.15) is 0 Å². The smallest absolute Gasteiger partial charge is 0.258 e. The summed E-state index contributed by atoms with van der Waals surface area (Å²) in [5.74, 6) is 0.236. The lowest BCUT2D eigenvalue weighted by atomic mass is 10.2. The van der Waals surface area contributed by atoms with Crippen LogP contribution in [0.1, 0.15) is 28.1 Å². The first-order chi connectivity index (χ1) is 6.69. The van der Waals surface area contributed by atoms with Gasteiger partial charge in [0.25, 0.3) is 5.91 Å². The summed E-state index contributed by atoms with van der Waals surface area (Å²) in [4.78, 5) is 13.3. The summed E-state index contributed by atoms with van der Waals surface area (Å²) in [5.41, 5.74) is 1.06.